The summed E-state index contributed by atoms with van der Waals surface area (Å²) < 4.78 is 14.3. The van der Waals surface area contributed by atoms with Crippen molar-refractivity contribution in [2.24, 2.45) is 11.7 Å². The lowest BCUT2D eigenvalue weighted by Crippen LogP contribution is -2.24. The Kier molecular flexibility index (Phi) is 5.34. The molecular formula is C17H25FN2O. The average molecular weight is 292 g/mol. The predicted molar refractivity (Wildman–Crippen MR) is 83.6 cm³/mol. The molecule has 1 heterocycles. The van der Waals surface area contributed by atoms with E-state index in [9.17, 15) is 9.18 Å². The van der Waals surface area contributed by atoms with Crippen LogP contribution in [0.4, 0.5) is 10.1 Å². The maximum Gasteiger partial charge on any atom is 0.224 e. The minimum atomic E-state index is -0.307. The highest BCUT2D eigenvalue weighted by Crippen LogP contribution is 2.33. The average Bonchev–Trinajstić information content (AvgIpc) is 2.47. The first-order valence-electron chi connectivity index (χ1n) is 7.94. The quantitative estimate of drug-likeness (QED) is 0.834. The van der Waals surface area contributed by atoms with Crippen molar-refractivity contribution >= 4 is 11.6 Å². The molecule has 1 amide bonds. The highest BCUT2D eigenvalue weighted by Gasteiger charge is 2.24. The van der Waals surface area contributed by atoms with Gasteiger partial charge < -0.3 is 11.1 Å². The van der Waals surface area contributed by atoms with Gasteiger partial charge in [0.2, 0.25) is 5.91 Å². The molecule has 116 valence electrons. The maximum atomic E-state index is 14.3. The van der Waals surface area contributed by atoms with E-state index in [1.807, 2.05) is 6.07 Å². The molecule has 1 aliphatic rings. The summed E-state index contributed by atoms with van der Waals surface area (Å²) in [5.41, 5.74) is 8.51. The van der Waals surface area contributed by atoms with E-state index in [0.29, 0.717) is 30.0 Å². The van der Waals surface area contributed by atoms with Gasteiger partial charge in [0.15, 0.2) is 0 Å². The van der Waals surface area contributed by atoms with Crippen molar-refractivity contribution in [3.05, 3.63) is 29.1 Å². The van der Waals surface area contributed by atoms with Crippen molar-refractivity contribution in [3.8, 4) is 0 Å². The molecule has 0 aliphatic carbocycles. The van der Waals surface area contributed by atoms with Crippen LogP contribution >= 0.6 is 0 Å². The minimum Gasteiger partial charge on any atom is -0.326 e. The summed E-state index contributed by atoms with van der Waals surface area (Å²) >= 11 is 0. The first-order valence-corrected chi connectivity index (χ1v) is 7.94. The third kappa shape index (κ3) is 3.62. The molecule has 2 atom stereocenters. The summed E-state index contributed by atoms with van der Waals surface area (Å²) in [4.78, 5) is 11.4. The van der Waals surface area contributed by atoms with Crippen LogP contribution in [-0.4, -0.2) is 5.91 Å². The number of aryl methyl sites for hydroxylation is 1. The molecule has 0 bridgehead atoms. The highest BCUT2D eigenvalue weighted by molar-refractivity contribution is 5.93. The van der Waals surface area contributed by atoms with Crippen LogP contribution < -0.4 is 11.1 Å². The van der Waals surface area contributed by atoms with Gasteiger partial charge in [-0.2, -0.15) is 0 Å². The monoisotopic (exact) mass is 292 g/mol. The van der Waals surface area contributed by atoms with Crippen molar-refractivity contribution in [1.29, 1.82) is 0 Å². The number of rotatable bonds is 6. The Bertz CT molecular complexity index is 516. The van der Waals surface area contributed by atoms with Crippen LogP contribution in [0.1, 0.15) is 63.1 Å². The number of amides is 1. The lowest BCUT2D eigenvalue weighted by atomic mass is 9.86. The summed E-state index contributed by atoms with van der Waals surface area (Å²) in [5.74, 6) is -0.0533. The Morgan fingerprint density at radius 3 is 2.76 bits per heavy atom. The molecule has 4 heteroatoms. The molecule has 3 N–H and O–H groups in total. The second-order valence-electron chi connectivity index (χ2n) is 5.92. The molecule has 1 aromatic rings. The van der Waals surface area contributed by atoms with E-state index in [1.54, 1.807) is 0 Å². The van der Waals surface area contributed by atoms with Gasteiger partial charge in [0.05, 0.1) is 0 Å². The molecule has 3 nitrogen and oxygen atoms in total. The second kappa shape index (κ2) is 7.03. The smallest absolute Gasteiger partial charge is 0.224 e. The zero-order chi connectivity index (χ0) is 15.4. The van der Waals surface area contributed by atoms with Gasteiger partial charge in [0.1, 0.15) is 5.82 Å². The van der Waals surface area contributed by atoms with Crippen LogP contribution in [0.3, 0.4) is 0 Å². The molecule has 1 aliphatic heterocycles. The maximum absolute atomic E-state index is 14.3. The summed E-state index contributed by atoms with van der Waals surface area (Å²) in [7, 11) is 0. The number of fused-ring (bicyclic) bond motifs is 1. The van der Waals surface area contributed by atoms with Crippen molar-refractivity contribution in [2.45, 2.75) is 58.4 Å². The molecule has 2 unspecified atom stereocenters. The Hall–Kier alpha value is -1.42. The Labute approximate surface area is 126 Å². The van der Waals surface area contributed by atoms with Crippen molar-refractivity contribution in [1.82, 2.24) is 0 Å². The fourth-order valence-electron chi connectivity index (χ4n) is 3.03. The summed E-state index contributed by atoms with van der Waals surface area (Å²) in [5, 5.41) is 2.72. The predicted octanol–water partition coefficient (Wildman–Crippen LogP) is 3.93. The van der Waals surface area contributed by atoms with Gasteiger partial charge in [0.25, 0.3) is 0 Å². The normalized spacial score (nSPS) is 17.0. The third-order valence-electron chi connectivity index (χ3n) is 4.44. The van der Waals surface area contributed by atoms with Gasteiger partial charge in [-0.15, -0.1) is 0 Å². The zero-order valence-electron chi connectivity index (χ0n) is 12.9. The van der Waals surface area contributed by atoms with Crippen molar-refractivity contribution < 1.29 is 9.18 Å². The van der Waals surface area contributed by atoms with Crippen LogP contribution in [-0.2, 0) is 11.2 Å². The fraction of sp³-hybridized carbons (Fsp3) is 0.588. The summed E-state index contributed by atoms with van der Waals surface area (Å²) in [6.07, 6.45) is 5.35. The first kappa shape index (κ1) is 16.0. The number of carbonyl (C=O) groups excluding carboxylic acids is 1. The van der Waals surface area contributed by atoms with E-state index in [2.05, 4.69) is 19.2 Å². The third-order valence-corrected chi connectivity index (χ3v) is 4.44. The van der Waals surface area contributed by atoms with Gasteiger partial charge in [-0.1, -0.05) is 33.1 Å². The van der Waals surface area contributed by atoms with Crippen molar-refractivity contribution in [3.63, 3.8) is 0 Å². The van der Waals surface area contributed by atoms with Crippen molar-refractivity contribution in [2.75, 3.05) is 5.32 Å². The van der Waals surface area contributed by atoms with Gasteiger partial charge in [-0.05, 0) is 36.5 Å². The number of nitrogens with two attached hydrogens (primary N) is 1. The van der Waals surface area contributed by atoms with Crippen LogP contribution in [0, 0.1) is 11.7 Å². The van der Waals surface area contributed by atoms with Crippen LogP contribution in [0.5, 0.6) is 0 Å². The van der Waals surface area contributed by atoms with Gasteiger partial charge in [-0.3, -0.25) is 4.79 Å². The molecule has 0 saturated heterocycles. The van der Waals surface area contributed by atoms with Crippen LogP contribution in [0.25, 0.3) is 0 Å². The number of unbranched alkanes of at least 4 members (excludes halogenated alkanes) is 1. The summed E-state index contributed by atoms with van der Waals surface area (Å²) in [6, 6.07) is 3.00. The van der Waals surface area contributed by atoms with Crippen LogP contribution in [0.15, 0.2) is 12.1 Å². The van der Waals surface area contributed by atoms with E-state index in [1.165, 1.54) is 6.07 Å². The molecule has 1 aromatic carbocycles. The first-order chi connectivity index (χ1) is 10.1. The Morgan fingerprint density at radius 2 is 2.10 bits per heavy atom. The topological polar surface area (TPSA) is 55.1 Å². The Morgan fingerprint density at radius 1 is 1.33 bits per heavy atom. The zero-order valence-corrected chi connectivity index (χ0v) is 12.9. The number of nitrogens with one attached hydrogen (secondary N) is 1. The standard InChI is InChI=1S/C17H25FN2O/c1-3-5-6-11(4-2)17(19)13-9-12-7-8-16(21)20-15(12)10-14(13)18/h9-11,17H,3-8,19H2,1-2H3,(H,20,21). The van der Waals surface area contributed by atoms with Gasteiger partial charge >= 0.3 is 0 Å². The molecule has 21 heavy (non-hydrogen) atoms. The highest BCUT2D eigenvalue weighted by atomic mass is 19.1. The molecule has 0 radical (unpaired) electrons. The molecule has 0 saturated carbocycles. The molecule has 0 spiro atoms. The minimum absolute atomic E-state index is 0.0478. The van der Waals surface area contributed by atoms with E-state index in [-0.39, 0.29) is 17.8 Å². The van der Waals surface area contributed by atoms with E-state index < -0.39 is 0 Å². The van der Waals surface area contributed by atoms with E-state index in [4.69, 9.17) is 5.73 Å². The molecule has 0 fully saturated rings. The number of hydrogen-bond acceptors (Lipinski definition) is 2. The lowest BCUT2D eigenvalue weighted by Gasteiger charge is -2.25. The number of carbonyl (C=O) groups is 1. The number of anilines is 1. The number of benzene rings is 1. The fourth-order valence-corrected chi connectivity index (χ4v) is 3.03. The SMILES string of the molecule is CCCCC(CC)C(N)c1cc2c(cc1F)NC(=O)CC2. The van der Waals surface area contributed by atoms with E-state index in [0.717, 1.165) is 31.2 Å². The largest absolute Gasteiger partial charge is 0.326 e. The second-order valence-corrected chi connectivity index (χ2v) is 5.92. The number of halogens is 1. The van der Waals surface area contributed by atoms with Crippen LogP contribution in [0.2, 0.25) is 0 Å². The number of hydrogen-bond donors (Lipinski definition) is 2. The lowest BCUT2D eigenvalue weighted by molar-refractivity contribution is -0.116. The molecular weight excluding hydrogens is 267 g/mol. The van der Waals surface area contributed by atoms with Gasteiger partial charge in [0, 0.05) is 23.7 Å². The molecule has 0 aromatic heterocycles. The van der Waals surface area contributed by atoms with Gasteiger partial charge in [-0.25, -0.2) is 4.39 Å². The Balaban J connectivity index is 2.24. The summed E-state index contributed by atoms with van der Waals surface area (Å²) in [6.45, 7) is 4.26. The van der Waals surface area contributed by atoms with E-state index >= 15 is 0 Å². The molecule has 2 rings (SSSR count).